The fourth-order valence-corrected chi connectivity index (χ4v) is 10.0. The van der Waals surface area contributed by atoms with Gasteiger partial charge in [0.25, 0.3) is 0 Å². The van der Waals surface area contributed by atoms with Crippen molar-refractivity contribution in [1.82, 2.24) is 4.57 Å². The molecule has 1 aromatic heterocycles. The van der Waals surface area contributed by atoms with Crippen molar-refractivity contribution in [3.63, 3.8) is 0 Å². The molecule has 0 radical (unpaired) electrons. The van der Waals surface area contributed by atoms with Gasteiger partial charge < -0.3 is 9.47 Å². The molecule has 268 valence electrons. The summed E-state index contributed by atoms with van der Waals surface area (Å²) in [7, 11) is 0. The SMILES string of the molecule is CC1(C)c2ccccc2-c2ccc(N(c3ccccc3)c3ccc4c(c3)C(C)(C)c3cccc(-c5ccc(-n6c7ccccc7c7ccccc76)cc5)c3-4)cc21. The van der Waals surface area contributed by atoms with Crippen molar-refractivity contribution in [3.05, 3.63) is 204 Å². The molecule has 1 heterocycles. The molecule has 0 amide bonds. The molecule has 0 atom stereocenters. The van der Waals surface area contributed by atoms with Crippen LogP contribution in [0.3, 0.4) is 0 Å². The Morgan fingerprint density at radius 2 is 0.893 bits per heavy atom. The second-order valence-corrected chi connectivity index (χ2v) is 16.6. The summed E-state index contributed by atoms with van der Waals surface area (Å²) in [5.41, 5.74) is 20.2. The van der Waals surface area contributed by atoms with Gasteiger partial charge in [-0.1, -0.05) is 149 Å². The van der Waals surface area contributed by atoms with E-state index < -0.39 is 0 Å². The second-order valence-electron chi connectivity index (χ2n) is 16.6. The summed E-state index contributed by atoms with van der Waals surface area (Å²) in [5, 5.41) is 2.56. The van der Waals surface area contributed by atoms with E-state index in [0.717, 1.165) is 5.69 Å². The maximum atomic E-state index is 2.45. The molecule has 2 aliphatic rings. The van der Waals surface area contributed by atoms with Crippen LogP contribution in [0.1, 0.15) is 49.9 Å². The van der Waals surface area contributed by atoms with E-state index in [2.05, 4.69) is 219 Å². The molecule has 0 saturated carbocycles. The van der Waals surface area contributed by atoms with Crippen molar-refractivity contribution >= 4 is 38.9 Å². The summed E-state index contributed by atoms with van der Waals surface area (Å²) in [4.78, 5) is 2.44. The Hall–Kier alpha value is -6.64. The number of rotatable bonds is 5. The van der Waals surface area contributed by atoms with Gasteiger partial charge in [0, 0.05) is 44.4 Å². The number of para-hydroxylation sites is 3. The molecular formula is C54H42N2. The third kappa shape index (κ3) is 4.62. The first-order chi connectivity index (χ1) is 27.3. The molecule has 0 unspecified atom stereocenters. The third-order valence-electron chi connectivity index (χ3n) is 12.8. The van der Waals surface area contributed by atoms with Crippen LogP contribution in [-0.2, 0) is 10.8 Å². The zero-order valence-corrected chi connectivity index (χ0v) is 32.2. The Bertz CT molecular complexity index is 2960. The lowest BCUT2D eigenvalue weighted by molar-refractivity contribution is 0.660. The lowest BCUT2D eigenvalue weighted by Crippen LogP contribution is -2.18. The minimum absolute atomic E-state index is 0.0794. The fraction of sp³-hybridized carbons (Fsp3) is 0.111. The lowest BCUT2D eigenvalue weighted by atomic mass is 9.81. The molecule has 0 aliphatic heterocycles. The summed E-state index contributed by atoms with van der Waals surface area (Å²) in [5.74, 6) is 0. The highest BCUT2D eigenvalue weighted by Gasteiger charge is 2.38. The molecule has 56 heavy (non-hydrogen) atoms. The minimum atomic E-state index is -0.177. The molecular weight excluding hydrogens is 677 g/mol. The lowest BCUT2D eigenvalue weighted by Gasteiger charge is -2.29. The summed E-state index contributed by atoms with van der Waals surface area (Å²) in [6.45, 7) is 9.50. The first kappa shape index (κ1) is 32.8. The molecule has 0 saturated heterocycles. The van der Waals surface area contributed by atoms with Gasteiger partial charge >= 0.3 is 0 Å². The molecule has 0 fully saturated rings. The fourth-order valence-electron chi connectivity index (χ4n) is 10.0. The van der Waals surface area contributed by atoms with Gasteiger partial charge in [0.1, 0.15) is 0 Å². The maximum Gasteiger partial charge on any atom is 0.0541 e. The summed E-state index contributed by atoms with van der Waals surface area (Å²) < 4.78 is 2.39. The minimum Gasteiger partial charge on any atom is -0.310 e. The number of benzene rings is 8. The molecule has 0 spiro atoms. The van der Waals surface area contributed by atoms with Crippen LogP contribution in [0, 0.1) is 0 Å². The quantitative estimate of drug-likeness (QED) is 0.172. The molecule has 11 rings (SSSR count). The average molecular weight is 719 g/mol. The van der Waals surface area contributed by atoms with Crippen LogP contribution in [0.2, 0.25) is 0 Å². The van der Waals surface area contributed by atoms with E-state index in [4.69, 9.17) is 0 Å². The summed E-state index contributed by atoms with van der Waals surface area (Å²) in [6.07, 6.45) is 0. The highest BCUT2D eigenvalue weighted by molar-refractivity contribution is 6.09. The molecule has 0 N–H and O–H groups in total. The molecule has 0 bridgehead atoms. The van der Waals surface area contributed by atoms with Crippen molar-refractivity contribution in [2.45, 2.75) is 38.5 Å². The topological polar surface area (TPSA) is 8.17 Å². The maximum absolute atomic E-state index is 2.45. The van der Waals surface area contributed by atoms with Crippen molar-refractivity contribution in [1.29, 1.82) is 0 Å². The largest absolute Gasteiger partial charge is 0.310 e. The van der Waals surface area contributed by atoms with E-state index >= 15 is 0 Å². The highest BCUT2D eigenvalue weighted by atomic mass is 15.1. The Balaban J connectivity index is 1.02. The van der Waals surface area contributed by atoms with Crippen LogP contribution in [0.4, 0.5) is 17.1 Å². The Kier molecular flexibility index (Phi) is 6.98. The molecule has 9 aromatic rings. The van der Waals surface area contributed by atoms with E-state index in [-0.39, 0.29) is 10.8 Å². The molecule has 2 nitrogen and oxygen atoms in total. The van der Waals surface area contributed by atoms with E-state index in [1.807, 2.05) is 0 Å². The Morgan fingerprint density at radius 3 is 1.59 bits per heavy atom. The number of aromatic nitrogens is 1. The number of hydrogen-bond donors (Lipinski definition) is 0. The van der Waals surface area contributed by atoms with Crippen LogP contribution in [0.5, 0.6) is 0 Å². The Labute approximate surface area is 328 Å². The van der Waals surface area contributed by atoms with Gasteiger partial charge in [0.05, 0.1) is 11.0 Å². The Morgan fingerprint density at radius 1 is 0.375 bits per heavy atom. The normalized spacial score (nSPS) is 14.4. The van der Waals surface area contributed by atoms with Crippen molar-refractivity contribution in [2.24, 2.45) is 0 Å². The standard InChI is InChI=1S/C54H42N2/c1-53(2)46-21-11-8-17-41(46)42-31-29-38(33-48(42)53)55(36-15-6-5-7-16-36)39-30-32-45-49(34-39)54(3,4)47-22-14-20-40(52(45)47)35-25-27-37(28-26-35)56-50-23-12-9-18-43(50)44-19-10-13-24-51(44)56/h5-34H,1-4H3. The smallest absolute Gasteiger partial charge is 0.0541 e. The van der Waals surface area contributed by atoms with Gasteiger partial charge in [-0.2, -0.15) is 0 Å². The second kappa shape index (κ2) is 11.9. The van der Waals surface area contributed by atoms with E-state index in [9.17, 15) is 0 Å². The van der Waals surface area contributed by atoms with Gasteiger partial charge in [-0.05, 0) is 116 Å². The zero-order valence-electron chi connectivity index (χ0n) is 32.2. The summed E-state index contributed by atoms with van der Waals surface area (Å²) >= 11 is 0. The van der Waals surface area contributed by atoms with Crippen LogP contribution >= 0.6 is 0 Å². The van der Waals surface area contributed by atoms with Crippen LogP contribution in [-0.4, -0.2) is 4.57 Å². The van der Waals surface area contributed by atoms with Crippen LogP contribution < -0.4 is 4.90 Å². The molecule has 8 aromatic carbocycles. The number of fused-ring (bicyclic) bond motifs is 9. The first-order valence-electron chi connectivity index (χ1n) is 19.8. The third-order valence-corrected chi connectivity index (χ3v) is 12.8. The molecule has 2 aliphatic carbocycles. The average Bonchev–Trinajstić information content (AvgIpc) is 3.78. The van der Waals surface area contributed by atoms with Gasteiger partial charge in [-0.15, -0.1) is 0 Å². The van der Waals surface area contributed by atoms with Gasteiger partial charge in [0.15, 0.2) is 0 Å². The van der Waals surface area contributed by atoms with Crippen LogP contribution in [0.25, 0.3) is 60.9 Å². The summed E-state index contributed by atoms with van der Waals surface area (Å²) in [6, 6.07) is 67.4. The highest BCUT2D eigenvalue weighted by Crippen LogP contribution is 2.55. The van der Waals surface area contributed by atoms with E-state index in [1.54, 1.807) is 0 Å². The predicted molar refractivity (Wildman–Crippen MR) is 236 cm³/mol. The molecule has 2 heteroatoms. The van der Waals surface area contributed by atoms with Gasteiger partial charge in [-0.3, -0.25) is 0 Å². The first-order valence-corrected chi connectivity index (χ1v) is 19.8. The van der Waals surface area contributed by atoms with Gasteiger partial charge in [-0.25, -0.2) is 0 Å². The zero-order chi connectivity index (χ0) is 37.8. The van der Waals surface area contributed by atoms with E-state index in [1.165, 1.54) is 94.5 Å². The number of nitrogens with zero attached hydrogens (tertiary/aromatic N) is 2. The predicted octanol–water partition coefficient (Wildman–Crippen LogP) is 14.5. The van der Waals surface area contributed by atoms with E-state index in [0.29, 0.717) is 0 Å². The van der Waals surface area contributed by atoms with Crippen LogP contribution in [0.15, 0.2) is 182 Å². The monoisotopic (exact) mass is 718 g/mol. The van der Waals surface area contributed by atoms with Gasteiger partial charge in [0.2, 0.25) is 0 Å². The van der Waals surface area contributed by atoms with Crippen molar-refractivity contribution in [3.8, 4) is 39.1 Å². The number of hydrogen-bond acceptors (Lipinski definition) is 1. The van der Waals surface area contributed by atoms with Crippen molar-refractivity contribution in [2.75, 3.05) is 4.90 Å². The number of anilines is 3. The van der Waals surface area contributed by atoms with Crippen molar-refractivity contribution < 1.29 is 0 Å².